The Labute approximate surface area is 141 Å². The average Bonchev–Trinajstić information content (AvgIpc) is 2.56. The van der Waals surface area contributed by atoms with Crippen LogP contribution in [0.4, 0.5) is 5.69 Å². The highest BCUT2D eigenvalue weighted by Crippen LogP contribution is 2.12. The number of ether oxygens (including phenoxy) is 1. The van der Waals surface area contributed by atoms with Crippen LogP contribution in [0.25, 0.3) is 0 Å². The largest absolute Gasteiger partial charge is 0.481 e. The molecule has 2 aromatic rings. The van der Waals surface area contributed by atoms with E-state index in [1.807, 2.05) is 6.92 Å². The van der Waals surface area contributed by atoms with Gasteiger partial charge in [-0.25, -0.2) is 18.1 Å². The molecule has 7 nitrogen and oxygen atoms in total. The van der Waals surface area contributed by atoms with Crippen molar-refractivity contribution in [2.45, 2.75) is 18.2 Å². The van der Waals surface area contributed by atoms with Gasteiger partial charge in [-0.15, -0.1) is 0 Å². The minimum Gasteiger partial charge on any atom is -0.481 e. The van der Waals surface area contributed by atoms with Crippen molar-refractivity contribution in [2.24, 2.45) is 0 Å². The van der Waals surface area contributed by atoms with Crippen LogP contribution in [-0.2, 0) is 14.8 Å². The van der Waals surface area contributed by atoms with Crippen LogP contribution in [0.1, 0.15) is 12.0 Å². The number of anilines is 1. The quantitative estimate of drug-likeness (QED) is 0.793. The predicted molar refractivity (Wildman–Crippen MR) is 90.4 cm³/mol. The molecule has 1 aromatic carbocycles. The smallest absolute Gasteiger partial charge is 0.240 e. The number of methoxy groups -OCH3 is 1. The van der Waals surface area contributed by atoms with Crippen molar-refractivity contribution in [2.75, 3.05) is 19.0 Å². The number of benzene rings is 1. The molecular formula is C16H19N3O4S. The first kappa shape index (κ1) is 17.9. The number of aromatic nitrogens is 1. The van der Waals surface area contributed by atoms with Crippen LogP contribution in [0.5, 0.6) is 5.88 Å². The molecule has 0 saturated heterocycles. The number of aryl methyl sites for hydroxylation is 1. The fourth-order valence-electron chi connectivity index (χ4n) is 1.90. The first-order chi connectivity index (χ1) is 11.4. The summed E-state index contributed by atoms with van der Waals surface area (Å²) >= 11 is 0. The topological polar surface area (TPSA) is 97.4 Å². The van der Waals surface area contributed by atoms with Gasteiger partial charge < -0.3 is 10.1 Å². The van der Waals surface area contributed by atoms with Gasteiger partial charge in [0.2, 0.25) is 21.8 Å². The summed E-state index contributed by atoms with van der Waals surface area (Å²) in [6.45, 7) is 1.88. The van der Waals surface area contributed by atoms with E-state index < -0.39 is 10.0 Å². The number of carbonyl (C=O) groups is 1. The molecule has 0 spiro atoms. The van der Waals surface area contributed by atoms with Gasteiger partial charge >= 0.3 is 0 Å². The van der Waals surface area contributed by atoms with Crippen LogP contribution >= 0.6 is 0 Å². The van der Waals surface area contributed by atoms with Crippen molar-refractivity contribution in [3.63, 3.8) is 0 Å². The third kappa shape index (κ3) is 5.04. The Balaban J connectivity index is 1.84. The molecule has 0 atom stereocenters. The van der Waals surface area contributed by atoms with Crippen molar-refractivity contribution in [1.82, 2.24) is 9.71 Å². The Kier molecular flexibility index (Phi) is 5.88. The van der Waals surface area contributed by atoms with Crippen LogP contribution in [0.2, 0.25) is 0 Å². The maximum absolute atomic E-state index is 12.1. The van der Waals surface area contributed by atoms with Crippen molar-refractivity contribution in [3.05, 3.63) is 48.2 Å². The molecule has 0 aliphatic heterocycles. The predicted octanol–water partition coefficient (Wildman–Crippen LogP) is 1.71. The number of rotatable bonds is 7. The fourth-order valence-corrected chi connectivity index (χ4v) is 2.93. The van der Waals surface area contributed by atoms with E-state index >= 15 is 0 Å². The van der Waals surface area contributed by atoms with Crippen molar-refractivity contribution >= 4 is 21.6 Å². The minimum absolute atomic E-state index is 0.00558. The molecule has 0 aliphatic rings. The number of hydrogen-bond donors (Lipinski definition) is 2. The van der Waals surface area contributed by atoms with E-state index in [0.29, 0.717) is 11.6 Å². The summed E-state index contributed by atoms with van der Waals surface area (Å²) in [5.74, 6) is 0.132. The highest BCUT2D eigenvalue weighted by molar-refractivity contribution is 7.89. The molecule has 1 amide bonds. The highest BCUT2D eigenvalue weighted by Gasteiger charge is 2.13. The second-order valence-electron chi connectivity index (χ2n) is 5.10. The number of amides is 1. The Hall–Kier alpha value is -2.45. The molecule has 0 bridgehead atoms. The number of pyridine rings is 1. The van der Waals surface area contributed by atoms with E-state index in [4.69, 9.17) is 4.74 Å². The standard InChI is InChI=1S/C16H19N3O4S/c1-12-3-6-14(7-4-12)24(21,22)18-10-9-15(20)19-13-5-8-16(23-2)17-11-13/h3-8,11,18H,9-10H2,1-2H3,(H,19,20). The summed E-state index contributed by atoms with van der Waals surface area (Å²) in [7, 11) is -2.11. The molecule has 0 unspecified atom stereocenters. The molecule has 0 saturated carbocycles. The van der Waals surface area contributed by atoms with Gasteiger partial charge in [-0.2, -0.15) is 0 Å². The molecule has 0 fully saturated rings. The summed E-state index contributed by atoms with van der Waals surface area (Å²) in [6.07, 6.45) is 1.48. The lowest BCUT2D eigenvalue weighted by molar-refractivity contribution is -0.116. The van der Waals surface area contributed by atoms with Gasteiger partial charge in [-0.3, -0.25) is 4.79 Å². The van der Waals surface area contributed by atoms with Gasteiger partial charge in [0, 0.05) is 19.0 Å². The molecule has 1 aromatic heterocycles. The van der Waals surface area contributed by atoms with Gasteiger partial charge in [0.1, 0.15) is 0 Å². The van der Waals surface area contributed by atoms with E-state index in [-0.39, 0.29) is 23.8 Å². The Bertz CT molecular complexity index is 787. The Morgan fingerprint density at radius 3 is 2.46 bits per heavy atom. The summed E-state index contributed by atoms with van der Waals surface area (Å²) < 4.78 is 31.5. The van der Waals surface area contributed by atoms with E-state index in [0.717, 1.165) is 5.56 Å². The maximum atomic E-state index is 12.1. The second-order valence-corrected chi connectivity index (χ2v) is 6.87. The van der Waals surface area contributed by atoms with Gasteiger partial charge in [0.25, 0.3) is 0 Å². The van der Waals surface area contributed by atoms with Gasteiger partial charge in [0.05, 0.1) is 23.9 Å². The van der Waals surface area contributed by atoms with Gasteiger partial charge in [0.15, 0.2) is 0 Å². The normalized spacial score (nSPS) is 11.1. The molecule has 24 heavy (non-hydrogen) atoms. The fraction of sp³-hybridized carbons (Fsp3) is 0.250. The van der Waals surface area contributed by atoms with Gasteiger partial charge in [-0.1, -0.05) is 17.7 Å². The third-order valence-corrected chi connectivity index (χ3v) is 4.68. The van der Waals surface area contributed by atoms with Crippen LogP contribution in [0.15, 0.2) is 47.5 Å². The monoisotopic (exact) mass is 349 g/mol. The molecule has 128 valence electrons. The first-order valence-electron chi connectivity index (χ1n) is 7.27. The molecule has 0 aliphatic carbocycles. The third-order valence-electron chi connectivity index (χ3n) is 3.20. The lowest BCUT2D eigenvalue weighted by Crippen LogP contribution is -2.27. The van der Waals surface area contributed by atoms with E-state index in [2.05, 4.69) is 15.0 Å². The van der Waals surface area contributed by atoms with Crippen LogP contribution in [0, 0.1) is 6.92 Å². The molecule has 2 rings (SSSR count). The van der Waals surface area contributed by atoms with Crippen molar-refractivity contribution in [1.29, 1.82) is 0 Å². The lowest BCUT2D eigenvalue weighted by atomic mass is 10.2. The van der Waals surface area contributed by atoms with Crippen molar-refractivity contribution < 1.29 is 17.9 Å². The molecule has 0 radical (unpaired) electrons. The van der Waals surface area contributed by atoms with Gasteiger partial charge in [-0.05, 0) is 25.1 Å². The number of sulfonamides is 1. The second kappa shape index (κ2) is 7.89. The number of nitrogens with one attached hydrogen (secondary N) is 2. The minimum atomic E-state index is -3.61. The SMILES string of the molecule is COc1ccc(NC(=O)CCNS(=O)(=O)c2ccc(C)cc2)cn1. The molecular weight excluding hydrogens is 330 g/mol. The summed E-state index contributed by atoms with van der Waals surface area (Å²) in [5.41, 5.74) is 1.49. The van der Waals surface area contributed by atoms with E-state index in [9.17, 15) is 13.2 Å². The first-order valence-corrected chi connectivity index (χ1v) is 8.75. The molecule has 8 heteroatoms. The highest BCUT2D eigenvalue weighted by atomic mass is 32.2. The zero-order valence-electron chi connectivity index (χ0n) is 13.4. The maximum Gasteiger partial charge on any atom is 0.240 e. The number of nitrogens with zero attached hydrogens (tertiary/aromatic N) is 1. The Morgan fingerprint density at radius 2 is 1.88 bits per heavy atom. The molecule has 1 heterocycles. The lowest BCUT2D eigenvalue weighted by Gasteiger charge is -2.08. The van der Waals surface area contributed by atoms with Crippen molar-refractivity contribution in [3.8, 4) is 5.88 Å². The zero-order valence-corrected chi connectivity index (χ0v) is 14.3. The summed E-state index contributed by atoms with van der Waals surface area (Å²) in [5, 5.41) is 2.63. The summed E-state index contributed by atoms with van der Waals surface area (Å²) in [6, 6.07) is 9.77. The van der Waals surface area contributed by atoms with Crippen LogP contribution in [0.3, 0.4) is 0 Å². The average molecular weight is 349 g/mol. The summed E-state index contributed by atoms with van der Waals surface area (Å²) in [4.78, 5) is 16.0. The van der Waals surface area contributed by atoms with E-state index in [1.54, 1.807) is 24.3 Å². The van der Waals surface area contributed by atoms with E-state index in [1.165, 1.54) is 25.4 Å². The van der Waals surface area contributed by atoms with Crippen LogP contribution < -0.4 is 14.8 Å². The number of hydrogen-bond acceptors (Lipinski definition) is 5. The zero-order chi connectivity index (χ0) is 17.6. The number of carbonyl (C=O) groups excluding carboxylic acids is 1. The Morgan fingerprint density at radius 1 is 1.17 bits per heavy atom. The van der Waals surface area contributed by atoms with Crippen LogP contribution in [-0.4, -0.2) is 33.0 Å². The molecule has 2 N–H and O–H groups in total.